The summed E-state index contributed by atoms with van der Waals surface area (Å²) in [7, 11) is 0. The molecule has 2 aromatic carbocycles. The summed E-state index contributed by atoms with van der Waals surface area (Å²) in [5, 5.41) is 13.6. The summed E-state index contributed by atoms with van der Waals surface area (Å²) in [4.78, 5) is 17.1. The Bertz CT molecular complexity index is 1020. The van der Waals surface area contributed by atoms with E-state index in [-0.39, 0.29) is 5.91 Å². The molecule has 4 rings (SSSR count). The Balaban J connectivity index is 1.53. The number of rotatable bonds is 4. The van der Waals surface area contributed by atoms with Crippen molar-refractivity contribution < 1.29 is 4.79 Å². The molecule has 25 heavy (non-hydrogen) atoms. The molecule has 0 fully saturated rings. The van der Waals surface area contributed by atoms with Gasteiger partial charge in [0, 0.05) is 10.9 Å². The second-order valence-corrected chi connectivity index (χ2v) is 6.45. The van der Waals surface area contributed by atoms with Crippen LogP contribution in [0.5, 0.6) is 0 Å². The molecule has 2 aromatic heterocycles. The van der Waals surface area contributed by atoms with Crippen LogP contribution in [0, 0.1) is 0 Å². The minimum atomic E-state index is -0.489. The Morgan fingerprint density at radius 3 is 2.72 bits per heavy atom. The number of benzene rings is 2. The average molecular weight is 349 g/mol. The molecule has 7 heteroatoms. The van der Waals surface area contributed by atoms with Crippen LogP contribution >= 0.6 is 11.3 Å². The molecule has 0 radical (unpaired) electrons. The number of carbonyl (C=O) groups excluding carboxylic acids is 1. The Morgan fingerprint density at radius 1 is 1.12 bits per heavy atom. The van der Waals surface area contributed by atoms with Crippen LogP contribution in [0.1, 0.15) is 13.0 Å². The fourth-order valence-electron chi connectivity index (χ4n) is 2.57. The third kappa shape index (κ3) is 3.01. The molecule has 0 saturated carbocycles. The van der Waals surface area contributed by atoms with Crippen LogP contribution in [-0.4, -0.2) is 25.9 Å². The maximum Gasteiger partial charge on any atom is 0.250 e. The fourth-order valence-corrected chi connectivity index (χ4v) is 3.29. The second kappa shape index (κ2) is 6.45. The van der Waals surface area contributed by atoms with Gasteiger partial charge in [0.2, 0.25) is 0 Å². The molecule has 0 saturated heterocycles. The van der Waals surface area contributed by atoms with Crippen molar-refractivity contribution in [2.75, 3.05) is 5.32 Å². The predicted molar refractivity (Wildman–Crippen MR) is 98.4 cm³/mol. The summed E-state index contributed by atoms with van der Waals surface area (Å²) in [5.41, 5.74) is 3.46. The van der Waals surface area contributed by atoms with Crippen molar-refractivity contribution in [1.82, 2.24) is 20.0 Å². The largest absolute Gasteiger partial charge is 0.300 e. The van der Waals surface area contributed by atoms with Gasteiger partial charge in [-0.15, -0.1) is 16.4 Å². The van der Waals surface area contributed by atoms with Crippen LogP contribution in [0.2, 0.25) is 0 Å². The van der Waals surface area contributed by atoms with Gasteiger partial charge in [-0.1, -0.05) is 47.7 Å². The molecule has 1 atom stereocenters. The van der Waals surface area contributed by atoms with E-state index < -0.39 is 6.04 Å². The minimum Gasteiger partial charge on any atom is -0.300 e. The number of hydrogen-bond acceptors (Lipinski definition) is 5. The quantitative estimate of drug-likeness (QED) is 0.609. The summed E-state index contributed by atoms with van der Waals surface area (Å²) in [6.07, 6.45) is 0. The molecule has 1 N–H and O–H groups in total. The maximum atomic E-state index is 12.6. The van der Waals surface area contributed by atoms with E-state index in [2.05, 4.69) is 20.6 Å². The summed E-state index contributed by atoms with van der Waals surface area (Å²) < 4.78 is 1.62. The monoisotopic (exact) mass is 349 g/mol. The Labute approximate surface area is 148 Å². The molecular weight excluding hydrogens is 334 g/mol. The van der Waals surface area contributed by atoms with Crippen LogP contribution < -0.4 is 5.32 Å². The lowest BCUT2D eigenvalue weighted by Gasteiger charge is -2.11. The van der Waals surface area contributed by atoms with Crippen molar-refractivity contribution >= 4 is 33.4 Å². The molecular formula is C18H15N5OS. The number of thiazole rings is 1. The highest BCUT2D eigenvalue weighted by Crippen LogP contribution is 2.25. The zero-order chi connectivity index (χ0) is 17.2. The highest BCUT2D eigenvalue weighted by molar-refractivity contribution is 7.14. The number of para-hydroxylation sites is 1. The topological polar surface area (TPSA) is 72.7 Å². The van der Waals surface area contributed by atoms with Gasteiger partial charge in [0.25, 0.3) is 5.91 Å². The molecule has 0 spiro atoms. The number of hydrogen-bond donors (Lipinski definition) is 1. The standard InChI is InChI=1S/C18H15N5OS/c1-12(23-16-10-6-5-9-14(16)21-22-23)17(24)20-18-19-15(11-25-18)13-7-3-2-4-8-13/h2-12H,1H3,(H,19,20,24). The number of amides is 1. The molecule has 1 unspecified atom stereocenters. The van der Waals surface area contributed by atoms with Crippen LogP contribution in [0.25, 0.3) is 22.3 Å². The van der Waals surface area contributed by atoms with E-state index >= 15 is 0 Å². The van der Waals surface area contributed by atoms with Crippen molar-refractivity contribution in [3.8, 4) is 11.3 Å². The summed E-state index contributed by atoms with van der Waals surface area (Å²) >= 11 is 1.40. The zero-order valence-corrected chi connectivity index (χ0v) is 14.3. The first kappa shape index (κ1) is 15.5. The van der Waals surface area contributed by atoms with E-state index in [9.17, 15) is 4.79 Å². The van der Waals surface area contributed by atoms with Crippen LogP contribution in [0.4, 0.5) is 5.13 Å². The lowest BCUT2D eigenvalue weighted by atomic mass is 10.2. The highest BCUT2D eigenvalue weighted by Gasteiger charge is 2.20. The number of nitrogens with zero attached hydrogens (tertiary/aromatic N) is 4. The lowest BCUT2D eigenvalue weighted by Crippen LogP contribution is -2.24. The van der Waals surface area contributed by atoms with Crippen molar-refractivity contribution in [2.45, 2.75) is 13.0 Å². The van der Waals surface area contributed by atoms with Crippen LogP contribution in [0.3, 0.4) is 0 Å². The third-order valence-electron chi connectivity index (χ3n) is 3.93. The average Bonchev–Trinajstić information content (AvgIpc) is 3.29. The third-order valence-corrected chi connectivity index (χ3v) is 4.69. The first-order valence-electron chi connectivity index (χ1n) is 7.84. The van der Waals surface area contributed by atoms with Gasteiger partial charge in [-0.25, -0.2) is 9.67 Å². The molecule has 0 aliphatic rings. The Hall–Kier alpha value is -3.06. The van der Waals surface area contributed by atoms with E-state index in [1.165, 1.54) is 11.3 Å². The van der Waals surface area contributed by atoms with Gasteiger partial charge in [-0.3, -0.25) is 4.79 Å². The van der Waals surface area contributed by atoms with Crippen molar-refractivity contribution in [3.05, 3.63) is 60.0 Å². The number of anilines is 1. The molecule has 0 aliphatic heterocycles. The van der Waals surface area contributed by atoms with Crippen molar-refractivity contribution in [1.29, 1.82) is 0 Å². The predicted octanol–water partition coefficient (Wildman–Crippen LogP) is 3.75. The Morgan fingerprint density at radius 2 is 1.88 bits per heavy atom. The number of nitrogens with one attached hydrogen (secondary N) is 1. The second-order valence-electron chi connectivity index (χ2n) is 5.59. The van der Waals surface area contributed by atoms with Gasteiger partial charge in [0.1, 0.15) is 11.6 Å². The normalized spacial score (nSPS) is 12.2. The summed E-state index contributed by atoms with van der Waals surface area (Å²) in [6.45, 7) is 1.79. The molecule has 0 bridgehead atoms. The molecule has 2 heterocycles. The van der Waals surface area contributed by atoms with E-state index in [1.54, 1.807) is 11.6 Å². The van der Waals surface area contributed by atoms with Crippen molar-refractivity contribution in [2.24, 2.45) is 0 Å². The first-order chi connectivity index (χ1) is 12.2. The van der Waals surface area contributed by atoms with Crippen LogP contribution in [-0.2, 0) is 4.79 Å². The van der Waals surface area contributed by atoms with Gasteiger partial charge >= 0.3 is 0 Å². The molecule has 0 aliphatic carbocycles. The van der Waals surface area contributed by atoms with Gasteiger partial charge in [0.15, 0.2) is 5.13 Å². The first-order valence-corrected chi connectivity index (χ1v) is 8.72. The van der Waals surface area contributed by atoms with E-state index in [1.807, 2.05) is 60.0 Å². The van der Waals surface area contributed by atoms with Crippen molar-refractivity contribution in [3.63, 3.8) is 0 Å². The SMILES string of the molecule is CC(C(=O)Nc1nc(-c2ccccc2)cs1)n1nnc2ccccc21. The summed E-state index contributed by atoms with van der Waals surface area (Å²) in [6, 6.07) is 16.9. The summed E-state index contributed by atoms with van der Waals surface area (Å²) in [5.74, 6) is -0.176. The fraction of sp³-hybridized carbons (Fsp3) is 0.111. The smallest absolute Gasteiger partial charge is 0.250 e. The van der Waals surface area contributed by atoms with Gasteiger partial charge in [-0.2, -0.15) is 0 Å². The van der Waals surface area contributed by atoms with Gasteiger partial charge in [0.05, 0.1) is 11.2 Å². The molecule has 124 valence electrons. The molecule has 6 nitrogen and oxygen atoms in total. The van der Waals surface area contributed by atoms with E-state index in [0.29, 0.717) is 5.13 Å². The van der Waals surface area contributed by atoms with Gasteiger partial charge in [-0.05, 0) is 19.1 Å². The maximum absolute atomic E-state index is 12.6. The minimum absolute atomic E-state index is 0.176. The lowest BCUT2D eigenvalue weighted by molar-refractivity contribution is -0.119. The number of aromatic nitrogens is 4. The molecule has 1 amide bonds. The van der Waals surface area contributed by atoms with E-state index in [4.69, 9.17) is 0 Å². The van der Waals surface area contributed by atoms with Gasteiger partial charge < -0.3 is 5.32 Å². The highest BCUT2D eigenvalue weighted by atomic mass is 32.1. The zero-order valence-electron chi connectivity index (χ0n) is 13.5. The van der Waals surface area contributed by atoms with Crippen LogP contribution in [0.15, 0.2) is 60.0 Å². The van der Waals surface area contributed by atoms with E-state index in [0.717, 1.165) is 22.3 Å². The number of carbonyl (C=O) groups is 1. The molecule has 4 aromatic rings. The Kier molecular flexibility index (Phi) is 3.99. The number of fused-ring (bicyclic) bond motifs is 1.